The van der Waals surface area contributed by atoms with Crippen LogP contribution in [0.4, 0.5) is 0 Å². The zero-order valence-corrected chi connectivity index (χ0v) is 18.6. The van der Waals surface area contributed by atoms with E-state index in [0.29, 0.717) is 0 Å². The fraction of sp³-hybridized carbons (Fsp3) is 0. The summed E-state index contributed by atoms with van der Waals surface area (Å²) in [5.41, 5.74) is 4.70. The summed E-state index contributed by atoms with van der Waals surface area (Å²) in [5.74, 6) is 0. The highest BCUT2D eigenvalue weighted by Gasteiger charge is 2.12. The molecule has 0 fully saturated rings. The molecule has 0 unspecified atom stereocenters. The van der Waals surface area contributed by atoms with Gasteiger partial charge in [-0.3, -0.25) is 4.98 Å². The minimum Gasteiger partial charge on any atom is -0.256 e. The van der Waals surface area contributed by atoms with Crippen molar-refractivity contribution in [1.29, 1.82) is 0 Å². The molecule has 0 atom stereocenters. The van der Waals surface area contributed by atoms with Gasteiger partial charge in [-0.1, -0.05) is 97.1 Å². The third kappa shape index (κ3) is 2.88. The summed E-state index contributed by atoms with van der Waals surface area (Å²) in [7, 11) is 0. The zero-order valence-electron chi connectivity index (χ0n) is 17.8. The van der Waals surface area contributed by atoms with E-state index in [9.17, 15) is 0 Å². The van der Waals surface area contributed by atoms with Crippen molar-refractivity contribution in [1.82, 2.24) is 4.98 Å². The Morgan fingerprint density at radius 1 is 0.485 bits per heavy atom. The van der Waals surface area contributed by atoms with E-state index in [0.717, 1.165) is 11.3 Å². The lowest BCUT2D eigenvalue weighted by Crippen LogP contribution is -1.87. The summed E-state index contributed by atoms with van der Waals surface area (Å²) in [6.45, 7) is 0. The fourth-order valence-electron chi connectivity index (χ4n) is 4.95. The number of aromatic nitrogens is 1. The molecular formula is C31H19NS. The topological polar surface area (TPSA) is 12.9 Å². The minimum absolute atomic E-state index is 1.03. The molecule has 1 nitrogen and oxygen atoms in total. The van der Waals surface area contributed by atoms with E-state index in [2.05, 4.69) is 109 Å². The van der Waals surface area contributed by atoms with Crippen molar-refractivity contribution in [2.75, 3.05) is 0 Å². The molecule has 7 rings (SSSR count). The Labute approximate surface area is 195 Å². The third-order valence-electron chi connectivity index (χ3n) is 6.54. The van der Waals surface area contributed by atoms with E-state index < -0.39 is 0 Å². The summed E-state index contributed by atoms with van der Waals surface area (Å²) in [5, 5.41) is 7.64. The standard InChI is InChI=1S/C31H19NS/c1-2-7-23-20(6-1)16-17-27-25(23)18-19-32-30(27)22-14-12-21(13-15-22)24-9-5-10-28-26-8-3-4-11-29(26)33-31(24)28/h1-19H. The molecule has 0 N–H and O–H groups in total. The molecule has 0 bridgehead atoms. The normalized spacial score (nSPS) is 11.6. The predicted molar refractivity (Wildman–Crippen MR) is 143 cm³/mol. The highest BCUT2D eigenvalue weighted by atomic mass is 32.1. The maximum absolute atomic E-state index is 4.77. The number of pyridine rings is 1. The SMILES string of the molecule is c1ccc2c(c1)ccc1c(-c3ccc(-c4cccc5c4sc4ccccc45)cc3)nccc12. The van der Waals surface area contributed by atoms with Crippen molar-refractivity contribution in [3.05, 3.63) is 115 Å². The van der Waals surface area contributed by atoms with Crippen LogP contribution in [0.1, 0.15) is 0 Å². The first-order valence-corrected chi connectivity index (χ1v) is 12.0. The number of nitrogens with zero attached hydrogens (tertiary/aromatic N) is 1. The van der Waals surface area contributed by atoms with Crippen LogP contribution in [0.15, 0.2) is 115 Å². The van der Waals surface area contributed by atoms with Crippen LogP contribution < -0.4 is 0 Å². The highest BCUT2D eigenvalue weighted by molar-refractivity contribution is 7.26. The lowest BCUT2D eigenvalue weighted by Gasteiger charge is -2.10. The largest absolute Gasteiger partial charge is 0.256 e. The van der Waals surface area contributed by atoms with Crippen LogP contribution in [-0.4, -0.2) is 4.98 Å². The van der Waals surface area contributed by atoms with Gasteiger partial charge >= 0.3 is 0 Å². The Morgan fingerprint density at radius 2 is 1.24 bits per heavy atom. The molecule has 7 aromatic rings. The molecule has 2 aromatic heterocycles. The van der Waals surface area contributed by atoms with E-state index >= 15 is 0 Å². The molecule has 0 amide bonds. The highest BCUT2D eigenvalue weighted by Crippen LogP contribution is 2.40. The molecule has 0 saturated carbocycles. The Bertz CT molecular complexity index is 1810. The summed E-state index contributed by atoms with van der Waals surface area (Å²) in [6.07, 6.45) is 1.93. The Hall–Kier alpha value is -4.01. The van der Waals surface area contributed by atoms with Crippen molar-refractivity contribution >= 4 is 53.1 Å². The van der Waals surface area contributed by atoms with E-state index in [1.807, 2.05) is 17.5 Å². The van der Waals surface area contributed by atoms with Crippen LogP contribution in [0.3, 0.4) is 0 Å². The minimum atomic E-state index is 1.03. The maximum atomic E-state index is 4.77. The van der Waals surface area contributed by atoms with Gasteiger partial charge < -0.3 is 0 Å². The molecule has 2 heterocycles. The molecular weight excluding hydrogens is 418 g/mol. The summed E-state index contributed by atoms with van der Waals surface area (Å²) in [6, 6.07) is 39.2. The van der Waals surface area contributed by atoms with Crippen LogP contribution in [0, 0.1) is 0 Å². The van der Waals surface area contributed by atoms with E-state index in [4.69, 9.17) is 4.98 Å². The monoisotopic (exact) mass is 437 g/mol. The van der Waals surface area contributed by atoms with Crippen LogP contribution in [0.2, 0.25) is 0 Å². The lowest BCUT2D eigenvalue weighted by atomic mass is 9.97. The fourth-order valence-corrected chi connectivity index (χ4v) is 6.19. The van der Waals surface area contributed by atoms with Crippen molar-refractivity contribution in [3.63, 3.8) is 0 Å². The smallest absolute Gasteiger partial charge is 0.0780 e. The van der Waals surface area contributed by atoms with E-state index in [-0.39, 0.29) is 0 Å². The number of benzene rings is 5. The molecule has 5 aromatic carbocycles. The van der Waals surface area contributed by atoms with Crippen LogP contribution in [0.25, 0.3) is 64.1 Å². The molecule has 33 heavy (non-hydrogen) atoms. The molecule has 2 heteroatoms. The zero-order chi connectivity index (χ0) is 21.8. The van der Waals surface area contributed by atoms with Crippen molar-refractivity contribution < 1.29 is 0 Å². The predicted octanol–water partition coefficient (Wildman–Crippen LogP) is 9.09. The van der Waals surface area contributed by atoms with Gasteiger partial charge in [-0.2, -0.15) is 0 Å². The second-order valence-electron chi connectivity index (χ2n) is 8.40. The van der Waals surface area contributed by atoms with Gasteiger partial charge in [-0.15, -0.1) is 11.3 Å². The first-order chi connectivity index (χ1) is 16.4. The van der Waals surface area contributed by atoms with Crippen molar-refractivity contribution in [2.45, 2.75) is 0 Å². The maximum Gasteiger partial charge on any atom is 0.0780 e. The van der Waals surface area contributed by atoms with Gasteiger partial charge in [-0.05, 0) is 39.4 Å². The average Bonchev–Trinajstić information content (AvgIpc) is 3.27. The van der Waals surface area contributed by atoms with Gasteiger partial charge in [0.2, 0.25) is 0 Å². The summed E-state index contributed by atoms with van der Waals surface area (Å²) in [4.78, 5) is 4.77. The first kappa shape index (κ1) is 18.6. The molecule has 0 aliphatic heterocycles. The van der Waals surface area contributed by atoms with E-state index in [1.165, 1.54) is 52.8 Å². The van der Waals surface area contributed by atoms with Gasteiger partial charge in [-0.25, -0.2) is 0 Å². The third-order valence-corrected chi connectivity index (χ3v) is 7.76. The number of rotatable bonds is 2. The molecule has 0 radical (unpaired) electrons. The molecule has 0 aliphatic rings. The molecule has 0 saturated heterocycles. The number of hydrogen-bond donors (Lipinski definition) is 0. The Morgan fingerprint density at radius 3 is 2.15 bits per heavy atom. The van der Waals surface area contributed by atoms with Crippen LogP contribution in [-0.2, 0) is 0 Å². The van der Waals surface area contributed by atoms with Gasteiger partial charge in [0.15, 0.2) is 0 Å². The van der Waals surface area contributed by atoms with Gasteiger partial charge in [0.05, 0.1) is 5.69 Å². The average molecular weight is 438 g/mol. The lowest BCUT2D eigenvalue weighted by molar-refractivity contribution is 1.36. The van der Waals surface area contributed by atoms with Gasteiger partial charge in [0.25, 0.3) is 0 Å². The quantitative estimate of drug-likeness (QED) is 0.246. The molecule has 154 valence electrons. The number of fused-ring (bicyclic) bond motifs is 6. The molecule has 0 aliphatic carbocycles. The Balaban J connectivity index is 1.37. The van der Waals surface area contributed by atoms with Crippen LogP contribution >= 0.6 is 11.3 Å². The van der Waals surface area contributed by atoms with Gasteiger partial charge in [0, 0.05) is 37.3 Å². The number of hydrogen-bond acceptors (Lipinski definition) is 2. The summed E-state index contributed by atoms with van der Waals surface area (Å²) < 4.78 is 2.69. The first-order valence-electron chi connectivity index (χ1n) is 11.1. The van der Waals surface area contributed by atoms with E-state index in [1.54, 1.807) is 0 Å². The van der Waals surface area contributed by atoms with Crippen molar-refractivity contribution in [2.24, 2.45) is 0 Å². The Kier molecular flexibility index (Phi) is 4.08. The van der Waals surface area contributed by atoms with Gasteiger partial charge in [0.1, 0.15) is 0 Å². The van der Waals surface area contributed by atoms with Crippen LogP contribution in [0.5, 0.6) is 0 Å². The van der Waals surface area contributed by atoms with Crippen molar-refractivity contribution in [3.8, 4) is 22.4 Å². The molecule has 0 spiro atoms. The second-order valence-corrected chi connectivity index (χ2v) is 9.45. The second kappa shape index (κ2) is 7.26. The number of thiophene rings is 1. The summed E-state index contributed by atoms with van der Waals surface area (Å²) >= 11 is 1.87.